The van der Waals surface area contributed by atoms with Crippen molar-refractivity contribution in [3.8, 4) is 0 Å². The van der Waals surface area contributed by atoms with Crippen LogP contribution in [0.25, 0.3) is 0 Å². The van der Waals surface area contributed by atoms with Crippen LogP contribution in [0.5, 0.6) is 0 Å². The van der Waals surface area contributed by atoms with Crippen LogP contribution in [0.2, 0.25) is 0 Å². The van der Waals surface area contributed by atoms with Gasteiger partial charge in [0.1, 0.15) is 5.82 Å². The van der Waals surface area contributed by atoms with Crippen molar-refractivity contribution in [1.82, 2.24) is 0 Å². The Kier molecular flexibility index (Phi) is 3.48. The zero-order valence-electron chi connectivity index (χ0n) is 4.10. The second-order valence-corrected chi connectivity index (χ2v) is 1.30. The van der Waals surface area contributed by atoms with E-state index in [4.69, 9.17) is 0 Å². The molecule has 0 atom stereocenters. The summed E-state index contributed by atoms with van der Waals surface area (Å²) in [5, 5.41) is 0. The van der Waals surface area contributed by atoms with Gasteiger partial charge >= 0.3 is 0 Å². The topological polar surface area (TPSA) is 0 Å². The van der Waals surface area contributed by atoms with Gasteiger partial charge in [-0.2, -0.15) is 0 Å². The van der Waals surface area contributed by atoms with Crippen molar-refractivity contribution in [2.45, 2.75) is 0 Å². The molecular weight excluding hydrogens is 150 g/mol. The summed E-state index contributed by atoms with van der Waals surface area (Å²) in [6.45, 7) is 0. The Morgan fingerprint density at radius 1 is 1.00 bits per heavy atom. The minimum absolute atomic E-state index is 0. The van der Waals surface area contributed by atoms with Crippen LogP contribution in [-0.2, 0) is 16.8 Å². The number of hydrogen-bond acceptors (Lipinski definition) is 0. The molecule has 2 heteroatoms. The first-order valence-electron chi connectivity index (χ1n) is 2.10. The van der Waals surface area contributed by atoms with Gasteiger partial charge in [-0.25, -0.2) is 4.39 Å². The molecule has 8 heavy (non-hydrogen) atoms. The van der Waals surface area contributed by atoms with Gasteiger partial charge in [0.25, 0.3) is 0 Å². The molecule has 0 heterocycles. The number of benzene rings is 1. The monoisotopic (exact) mass is 155 g/mol. The van der Waals surface area contributed by atoms with E-state index in [1.54, 1.807) is 18.2 Å². The number of rotatable bonds is 0. The molecule has 1 aromatic carbocycles. The first kappa shape index (κ1) is 7.66. The molecule has 0 saturated carbocycles. The van der Waals surface area contributed by atoms with Crippen molar-refractivity contribution in [3.63, 3.8) is 0 Å². The zero-order valence-corrected chi connectivity index (χ0v) is 5.14. The molecule has 0 fully saturated rings. The van der Waals surface area contributed by atoms with Crippen LogP contribution in [0, 0.1) is 5.82 Å². The molecule has 0 aromatic heterocycles. The fourth-order valence-corrected chi connectivity index (χ4v) is 0.415. The summed E-state index contributed by atoms with van der Waals surface area (Å²) in [4.78, 5) is 0. The first-order valence-corrected chi connectivity index (χ1v) is 2.10. The quantitative estimate of drug-likeness (QED) is 0.536. The second kappa shape index (κ2) is 3.63. The summed E-state index contributed by atoms with van der Waals surface area (Å²) in [6.07, 6.45) is 0. The Balaban J connectivity index is 0.000000490. The molecule has 1 rings (SSSR count). The Morgan fingerprint density at radius 3 is 1.75 bits per heavy atom. The van der Waals surface area contributed by atoms with E-state index in [1.807, 2.05) is 0 Å². The van der Waals surface area contributed by atoms with Gasteiger partial charge in [0.15, 0.2) is 0 Å². The van der Waals surface area contributed by atoms with Crippen molar-refractivity contribution in [3.05, 3.63) is 36.1 Å². The molecule has 45 valence electrons. The van der Waals surface area contributed by atoms with Gasteiger partial charge < -0.3 is 0 Å². The summed E-state index contributed by atoms with van der Waals surface area (Å²) in [6, 6.07) is 7.94. The predicted octanol–water partition coefficient (Wildman–Crippen LogP) is 1.82. The van der Waals surface area contributed by atoms with E-state index in [-0.39, 0.29) is 22.6 Å². The van der Waals surface area contributed by atoms with E-state index in [9.17, 15) is 4.39 Å². The molecule has 0 aliphatic heterocycles. The van der Waals surface area contributed by atoms with E-state index >= 15 is 0 Å². The standard InChI is InChI=1S/C6H5F.Co/c7-6-4-2-1-3-5-6;/h1-5H;. The normalized spacial score (nSPS) is 7.62. The number of hydrogen-bond donors (Lipinski definition) is 0. The number of halogens is 1. The fourth-order valence-electron chi connectivity index (χ4n) is 0.415. The summed E-state index contributed by atoms with van der Waals surface area (Å²) in [5.74, 6) is -0.178. The Bertz CT molecular complexity index is 138. The minimum Gasteiger partial charge on any atom is -0.207 e. The molecule has 0 saturated heterocycles. The van der Waals surface area contributed by atoms with Gasteiger partial charge in [-0.15, -0.1) is 0 Å². The molecule has 0 N–H and O–H groups in total. The van der Waals surface area contributed by atoms with E-state index in [0.29, 0.717) is 0 Å². The first-order chi connectivity index (χ1) is 3.39. The van der Waals surface area contributed by atoms with Gasteiger partial charge in [-0.3, -0.25) is 0 Å². The van der Waals surface area contributed by atoms with Crippen LogP contribution >= 0.6 is 0 Å². The van der Waals surface area contributed by atoms with Crippen molar-refractivity contribution >= 4 is 0 Å². The van der Waals surface area contributed by atoms with Crippen LogP contribution in [0.3, 0.4) is 0 Å². The molecule has 0 nitrogen and oxygen atoms in total. The van der Waals surface area contributed by atoms with Crippen LogP contribution in [0.4, 0.5) is 4.39 Å². The third kappa shape index (κ3) is 2.09. The van der Waals surface area contributed by atoms with E-state index in [0.717, 1.165) is 0 Å². The van der Waals surface area contributed by atoms with Gasteiger partial charge in [-0.1, -0.05) is 18.2 Å². The SMILES string of the molecule is Fc1ccccc1.[Co]. The Labute approximate surface area is 57.9 Å². The summed E-state index contributed by atoms with van der Waals surface area (Å²) in [7, 11) is 0. The average molecular weight is 155 g/mol. The maximum absolute atomic E-state index is 11.9. The molecular formula is C6H5CoF. The van der Waals surface area contributed by atoms with Crippen LogP contribution < -0.4 is 0 Å². The van der Waals surface area contributed by atoms with Gasteiger partial charge in [0, 0.05) is 16.8 Å². The van der Waals surface area contributed by atoms with E-state index in [2.05, 4.69) is 0 Å². The molecule has 0 amide bonds. The fraction of sp³-hybridized carbons (Fsp3) is 0. The van der Waals surface area contributed by atoms with E-state index in [1.165, 1.54) is 12.1 Å². The zero-order chi connectivity index (χ0) is 5.11. The molecule has 0 aliphatic carbocycles. The van der Waals surface area contributed by atoms with Crippen molar-refractivity contribution < 1.29 is 21.2 Å². The van der Waals surface area contributed by atoms with Crippen molar-refractivity contribution in [2.24, 2.45) is 0 Å². The maximum atomic E-state index is 11.9. The second-order valence-electron chi connectivity index (χ2n) is 1.30. The van der Waals surface area contributed by atoms with E-state index < -0.39 is 0 Å². The van der Waals surface area contributed by atoms with Crippen LogP contribution in [0.15, 0.2) is 30.3 Å². The summed E-state index contributed by atoms with van der Waals surface area (Å²) >= 11 is 0. The van der Waals surface area contributed by atoms with Crippen LogP contribution in [0.1, 0.15) is 0 Å². The summed E-state index contributed by atoms with van der Waals surface area (Å²) < 4.78 is 11.9. The molecule has 1 radical (unpaired) electrons. The largest absolute Gasteiger partial charge is 0.207 e. The van der Waals surface area contributed by atoms with Crippen molar-refractivity contribution in [2.75, 3.05) is 0 Å². The third-order valence-corrected chi connectivity index (χ3v) is 0.733. The predicted molar refractivity (Wildman–Crippen MR) is 26.4 cm³/mol. The molecule has 0 spiro atoms. The molecule has 1 aromatic rings. The van der Waals surface area contributed by atoms with Gasteiger partial charge in [-0.05, 0) is 12.1 Å². The molecule has 0 aliphatic rings. The smallest absolute Gasteiger partial charge is 0.123 e. The average Bonchev–Trinajstić information content (AvgIpc) is 1.69. The molecule has 0 bridgehead atoms. The van der Waals surface area contributed by atoms with Gasteiger partial charge in [0.05, 0.1) is 0 Å². The van der Waals surface area contributed by atoms with Gasteiger partial charge in [0.2, 0.25) is 0 Å². The maximum Gasteiger partial charge on any atom is 0.123 e. The Hall–Kier alpha value is -0.344. The summed E-state index contributed by atoms with van der Waals surface area (Å²) in [5.41, 5.74) is 0. The minimum atomic E-state index is -0.178. The third-order valence-electron chi connectivity index (χ3n) is 0.733. The van der Waals surface area contributed by atoms with Crippen molar-refractivity contribution in [1.29, 1.82) is 0 Å². The Morgan fingerprint density at radius 2 is 1.50 bits per heavy atom. The molecule has 0 unspecified atom stereocenters. The van der Waals surface area contributed by atoms with Crippen LogP contribution in [-0.4, -0.2) is 0 Å².